The van der Waals surface area contributed by atoms with Crippen molar-refractivity contribution < 1.29 is 9.90 Å². The highest BCUT2D eigenvalue weighted by atomic mass is 16.4. The Morgan fingerprint density at radius 1 is 1.23 bits per heavy atom. The summed E-state index contributed by atoms with van der Waals surface area (Å²) in [5.74, 6) is -1.37. The van der Waals surface area contributed by atoms with Crippen LogP contribution in [0.1, 0.15) is 45.4 Å². The van der Waals surface area contributed by atoms with Crippen LogP contribution in [0.5, 0.6) is 0 Å². The zero-order chi connectivity index (χ0) is 10.3. The molecule has 0 aliphatic heterocycles. The summed E-state index contributed by atoms with van der Waals surface area (Å²) in [5.41, 5.74) is 8.93. The van der Waals surface area contributed by atoms with Crippen molar-refractivity contribution in [3.05, 3.63) is 0 Å². The molecule has 0 aromatic heterocycles. The molecule has 4 heteroatoms. The molecular formula is C9H19N2O2-. The second-order valence-electron chi connectivity index (χ2n) is 3.49. The van der Waals surface area contributed by atoms with Crippen LogP contribution in [0.25, 0.3) is 0 Å². The fourth-order valence-electron chi connectivity index (χ4n) is 1.12. The van der Waals surface area contributed by atoms with E-state index in [-0.39, 0.29) is 0 Å². The Bertz CT molecular complexity index is 158. The number of rotatable bonds is 7. The fraction of sp³-hybridized carbons (Fsp3) is 0.889. The molecule has 0 radical (unpaired) electrons. The molecular weight excluding hydrogens is 168 g/mol. The van der Waals surface area contributed by atoms with Crippen molar-refractivity contribution in [2.24, 2.45) is 11.5 Å². The predicted molar refractivity (Wildman–Crippen MR) is 49.5 cm³/mol. The van der Waals surface area contributed by atoms with Crippen LogP contribution in [0.2, 0.25) is 0 Å². The van der Waals surface area contributed by atoms with Gasteiger partial charge in [0.1, 0.15) is 5.66 Å². The van der Waals surface area contributed by atoms with Crippen LogP contribution in [0, 0.1) is 0 Å². The highest BCUT2D eigenvalue weighted by Crippen LogP contribution is 2.09. The molecule has 0 saturated carbocycles. The molecule has 0 unspecified atom stereocenters. The van der Waals surface area contributed by atoms with Gasteiger partial charge in [0.2, 0.25) is 0 Å². The molecule has 0 saturated heterocycles. The molecule has 0 fully saturated rings. The first-order valence-electron chi connectivity index (χ1n) is 4.80. The molecule has 0 aliphatic rings. The molecule has 0 aromatic rings. The number of carbonyl (C=O) groups is 1. The highest BCUT2D eigenvalue weighted by Gasteiger charge is 2.19. The van der Waals surface area contributed by atoms with Gasteiger partial charge in [0.05, 0.1) is 5.97 Å². The van der Waals surface area contributed by atoms with E-state index in [1.807, 2.05) is 0 Å². The molecule has 78 valence electrons. The van der Waals surface area contributed by atoms with Crippen LogP contribution in [0.4, 0.5) is 0 Å². The maximum absolute atomic E-state index is 10.4. The second-order valence-corrected chi connectivity index (χ2v) is 3.49. The number of carboxylic acids is 1. The zero-order valence-electron chi connectivity index (χ0n) is 8.21. The van der Waals surface area contributed by atoms with E-state index < -0.39 is 11.6 Å². The maximum Gasteiger partial charge on any atom is 0.105 e. The SMILES string of the molecule is CCCCCCCC(N)(N)C(=O)[O-]. The lowest BCUT2D eigenvalue weighted by atomic mass is 10.0. The number of unbranched alkanes of at least 4 members (excludes halogenated alkanes) is 4. The van der Waals surface area contributed by atoms with Crippen LogP contribution in [0.15, 0.2) is 0 Å². The highest BCUT2D eigenvalue weighted by molar-refractivity contribution is 5.75. The molecule has 13 heavy (non-hydrogen) atoms. The van der Waals surface area contributed by atoms with Crippen LogP contribution in [-0.2, 0) is 4.79 Å². The Morgan fingerprint density at radius 3 is 2.23 bits per heavy atom. The van der Waals surface area contributed by atoms with Gasteiger partial charge < -0.3 is 21.4 Å². The van der Waals surface area contributed by atoms with Crippen molar-refractivity contribution in [3.63, 3.8) is 0 Å². The van der Waals surface area contributed by atoms with Crippen molar-refractivity contribution in [2.75, 3.05) is 0 Å². The minimum atomic E-state index is -1.65. The summed E-state index contributed by atoms with van der Waals surface area (Å²) >= 11 is 0. The van der Waals surface area contributed by atoms with Crippen molar-refractivity contribution >= 4 is 5.97 Å². The summed E-state index contributed by atoms with van der Waals surface area (Å²) in [7, 11) is 0. The Hall–Kier alpha value is -0.610. The molecule has 0 aliphatic carbocycles. The predicted octanol–water partition coefficient (Wildman–Crippen LogP) is -0.289. The van der Waals surface area contributed by atoms with Crippen LogP contribution in [0.3, 0.4) is 0 Å². The lowest BCUT2D eigenvalue weighted by Crippen LogP contribution is -2.62. The number of nitrogens with two attached hydrogens (primary N) is 2. The molecule has 0 atom stereocenters. The van der Waals surface area contributed by atoms with Gasteiger partial charge >= 0.3 is 0 Å². The fourth-order valence-corrected chi connectivity index (χ4v) is 1.12. The average molecular weight is 187 g/mol. The van der Waals surface area contributed by atoms with Gasteiger partial charge in [0.25, 0.3) is 0 Å². The van der Waals surface area contributed by atoms with Crippen molar-refractivity contribution in [3.8, 4) is 0 Å². The molecule has 4 nitrogen and oxygen atoms in total. The molecule has 0 amide bonds. The Labute approximate surface area is 79.3 Å². The van der Waals surface area contributed by atoms with E-state index in [1.165, 1.54) is 6.42 Å². The smallest absolute Gasteiger partial charge is 0.105 e. The third-order valence-electron chi connectivity index (χ3n) is 2.07. The van der Waals surface area contributed by atoms with Crippen molar-refractivity contribution in [1.29, 1.82) is 0 Å². The second kappa shape index (κ2) is 5.94. The largest absolute Gasteiger partial charge is 0.547 e. The molecule has 0 spiro atoms. The van der Waals surface area contributed by atoms with Gasteiger partial charge in [-0.1, -0.05) is 32.6 Å². The summed E-state index contributed by atoms with van der Waals surface area (Å²) in [6, 6.07) is 0. The summed E-state index contributed by atoms with van der Waals surface area (Å²) in [5, 5.41) is 10.4. The first-order valence-corrected chi connectivity index (χ1v) is 4.80. The third-order valence-corrected chi connectivity index (χ3v) is 2.07. The van der Waals surface area contributed by atoms with E-state index >= 15 is 0 Å². The number of carboxylic acid groups (broad SMARTS) is 1. The first-order chi connectivity index (χ1) is 6.00. The average Bonchev–Trinajstić information content (AvgIpc) is 2.03. The van der Waals surface area contributed by atoms with Crippen molar-refractivity contribution in [1.82, 2.24) is 0 Å². The summed E-state index contributed by atoms with van der Waals surface area (Å²) in [6.45, 7) is 2.12. The number of hydrogen-bond donors (Lipinski definition) is 2. The summed E-state index contributed by atoms with van der Waals surface area (Å²) in [4.78, 5) is 10.4. The van der Waals surface area contributed by atoms with E-state index in [0.717, 1.165) is 25.7 Å². The Morgan fingerprint density at radius 2 is 1.77 bits per heavy atom. The van der Waals surface area contributed by atoms with E-state index in [9.17, 15) is 9.90 Å². The topological polar surface area (TPSA) is 92.2 Å². The monoisotopic (exact) mass is 187 g/mol. The number of carbonyl (C=O) groups excluding carboxylic acids is 1. The van der Waals surface area contributed by atoms with Crippen molar-refractivity contribution in [2.45, 2.75) is 51.1 Å². The van der Waals surface area contributed by atoms with Gasteiger partial charge in [-0.2, -0.15) is 0 Å². The minimum absolute atomic E-state index is 0.291. The van der Waals surface area contributed by atoms with Gasteiger partial charge in [-0.25, -0.2) is 0 Å². The van der Waals surface area contributed by atoms with Gasteiger partial charge in [-0.05, 0) is 12.8 Å². The van der Waals surface area contributed by atoms with Gasteiger partial charge in [0, 0.05) is 0 Å². The van der Waals surface area contributed by atoms with E-state index in [0.29, 0.717) is 6.42 Å². The molecule has 0 aromatic carbocycles. The van der Waals surface area contributed by atoms with E-state index in [1.54, 1.807) is 0 Å². The Balaban J connectivity index is 3.46. The van der Waals surface area contributed by atoms with Gasteiger partial charge in [-0.3, -0.25) is 0 Å². The quantitative estimate of drug-likeness (QED) is 0.423. The van der Waals surface area contributed by atoms with E-state index in [4.69, 9.17) is 11.5 Å². The van der Waals surface area contributed by atoms with Crippen LogP contribution < -0.4 is 16.6 Å². The summed E-state index contributed by atoms with van der Waals surface area (Å²) in [6.07, 6.45) is 5.47. The molecule has 0 rings (SSSR count). The Kier molecular flexibility index (Phi) is 5.66. The number of hydrogen-bond acceptors (Lipinski definition) is 4. The number of aliphatic carboxylic acids is 1. The zero-order valence-corrected chi connectivity index (χ0v) is 8.21. The lowest BCUT2D eigenvalue weighted by molar-refractivity contribution is -0.313. The standard InChI is InChI=1S/C9H20N2O2/c1-2-3-4-5-6-7-9(10,11)8(12)13/h2-7,10-11H2,1H3,(H,12,13)/p-1. The molecule has 0 bridgehead atoms. The normalized spacial score (nSPS) is 11.6. The maximum atomic E-state index is 10.4. The van der Waals surface area contributed by atoms with Crippen LogP contribution >= 0.6 is 0 Å². The first kappa shape index (κ1) is 12.4. The minimum Gasteiger partial charge on any atom is -0.547 e. The third kappa shape index (κ3) is 5.60. The van der Waals surface area contributed by atoms with E-state index in [2.05, 4.69) is 6.92 Å². The molecule has 4 N–H and O–H groups in total. The molecule has 0 heterocycles. The lowest BCUT2D eigenvalue weighted by Gasteiger charge is -2.25. The van der Waals surface area contributed by atoms with Gasteiger partial charge in [-0.15, -0.1) is 0 Å². The van der Waals surface area contributed by atoms with Gasteiger partial charge in [0.15, 0.2) is 0 Å². The van der Waals surface area contributed by atoms with Crippen LogP contribution in [-0.4, -0.2) is 11.6 Å². The summed E-state index contributed by atoms with van der Waals surface area (Å²) < 4.78 is 0.